The second-order valence-electron chi connectivity index (χ2n) is 3.17. The van der Waals surface area contributed by atoms with Crippen molar-refractivity contribution < 1.29 is 23.9 Å². The third kappa shape index (κ3) is 2.05. The number of aliphatic carboxylic acids is 1. The molecule has 0 aromatic rings. The lowest BCUT2D eigenvalue weighted by atomic mass is 10.2. The molecular formula is C8H11FN2O4. The van der Waals surface area contributed by atoms with E-state index in [0.29, 0.717) is 12.8 Å². The van der Waals surface area contributed by atoms with Gasteiger partial charge in [0.15, 0.2) is 0 Å². The Morgan fingerprint density at radius 1 is 1.67 bits per heavy atom. The van der Waals surface area contributed by atoms with Crippen LogP contribution in [0, 0.1) is 0 Å². The summed E-state index contributed by atoms with van der Waals surface area (Å²) < 4.78 is 13.0. The van der Waals surface area contributed by atoms with Crippen molar-refractivity contribution in [2.24, 2.45) is 0 Å². The lowest BCUT2D eigenvalue weighted by Crippen LogP contribution is -2.42. The van der Waals surface area contributed by atoms with E-state index >= 15 is 0 Å². The van der Waals surface area contributed by atoms with Crippen LogP contribution in [-0.4, -0.2) is 40.3 Å². The van der Waals surface area contributed by atoms with E-state index in [9.17, 15) is 18.8 Å². The molecule has 0 spiro atoms. The largest absolute Gasteiger partial charge is 0.478 e. The van der Waals surface area contributed by atoms with E-state index in [4.69, 9.17) is 5.11 Å². The number of carbonyl (C=O) groups is 3. The number of urea groups is 1. The van der Waals surface area contributed by atoms with Crippen molar-refractivity contribution in [2.75, 3.05) is 0 Å². The van der Waals surface area contributed by atoms with Crippen LogP contribution in [0.4, 0.5) is 9.18 Å². The van der Waals surface area contributed by atoms with Crippen molar-refractivity contribution in [2.45, 2.75) is 32.1 Å². The first-order valence-electron chi connectivity index (χ1n) is 4.49. The van der Waals surface area contributed by atoms with Gasteiger partial charge in [0.25, 0.3) is 12.2 Å². The number of nitrogens with zero attached hydrogens (tertiary/aromatic N) is 1. The van der Waals surface area contributed by atoms with Crippen LogP contribution >= 0.6 is 0 Å². The maximum absolute atomic E-state index is 13.0. The van der Waals surface area contributed by atoms with Gasteiger partial charge < -0.3 is 10.4 Å². The van der Waals surface area contributed by atoms with Crippen molar-refractivity contribution in [1.29, 1.82) is 0 Å². The monoisotopic (exact) mass is 218 g/mol. The highest BCUT2D eigenvalue weighted by molar-refractivity contribution is 6.06. The Balaban J connectivity index is 2.79. The number of halogens is 1. The van der Waals surface area contributed by atoms with Gasteiger partial charge in [0.05, 0.1) is 0 Å². The molecule has 6 nitrogen and oxygen atoms in total. The molecule has 0 saturated carbocycles. The van der Waals surface area contributed by atoms with Crippen LogP contribution in [0.25, 0.3) is 0 Å². The van der Waals surface area contributed by atoms with Crippen LogP contribution in [0.5, 0.6) is 0 Å². The van der Waals surface area contributed by atoms with Gasteiger partial charge in [-0.05, 0) is 6.42 Å². The number of amides is 3. The minimum Gasteiger partial charge on any atom is -0.478 e. The molecule has 2 atom stereocenters. The second kappa shape index (κ2) is 4.24. The molecule has 84 valence electrons. The van der Waals surface area contributed by atoms with E-state index in [2.05, 4.69) is 5.32 Å². The molecule has 3 amide bonds. The highest BCUT2D eigenvalue weighted by Crippen LogP contribution is 2.15. The smallest absolute Gasteiger partial charge is 0.360 e. The van der Waals surface area contributed by atoms with Gasteiger partial charge in [-0.3, -0.25) is 4.79 Å². The zero-order valence-electron chi connectivity index (χ0n) is 8.07. The first-order chi connectivity index (χ1) is 6.99. The van der Waals surface area contributed by atoms with Crippen LogP contribution < -0.4 is 5.32 Å². The summed E-state index contributed by atoms with van der Waals surface area (Å²) in [6.07, 6.45) is -1.61. The van der Waals surface area contributed by atoms with Gasteiger partial charge in [-0.1, -0.05) is 13.3 Å². The number of carbonyl (C=O) groups excluding carboxylic acids is 2. The number of alkyl halides is 1. The van der Waals surface area contributed by atoms with Crippen molar-refractivity contribution in [3.05, 3.63) is 0 Å². The summed E-state index contributed by atoms with van der Waals surface area (Å²) in [6, 6.07) is -1.80. The summed E-state index contributed by atoms with van der Waals surface area (Å²) in [5.74, 6) is -2.67. The summed E-state index contributed by atoms with van der Waals surface area (Å²) in [4.78, 5) is 32.9. The van der Waals surface area contributed by atoms with Gasteiger partial charge in [-0.2, -0.15) is 0 Å². The molecule has 0 bridgehead atoms. The molecule has 1 aliphatic heterocycles. The molecule has 1 heterocycles. The topological polar surface area (TPSA) is 86.7 Å². The molecule has 0 aliphatic carbocycles. The molecule has 0 radical (unpaired) electrons. The maximum Gasteiger partial charge on any atom is 0.360 e. The molecule has 1 saturated heterocycles. The predicted molar refractivity (Wildman–Crippen MR) is 46.6 cm³/mol. The highest BCUT2D eigenvalue weighted by atomic mass is 19.1. The van der Waals surface area contributed by atoms with Crippen molar-refractivity contribution in [3.8, 4) is 0 Å². The summed E-state index contributed by atoms with van der Waals surface area (Å²) in [6.45, 7) is 1.80. The number of carboxylic acids is 1. The number of carboxylic acid groups (broad SMARTS) is 1. The van der Waals surface area contributed by atoms with Crippen LogP contribution in [0.1, 0.15) is 19.8 Å². The Morgan fingerprint density at radius 2 is 2.27 bits per heavy atom. The first-order valence-corrected chi connectivity index (χ1v) is 4.49. The summed E-state index contributed by atoms with van der Waals surface area (Å²) in [5.41, 5.74) is 0. The zero-order chi connectivity index (χ0) is 11.6. The average molecular weight is 218 g/mol. The Hall–Kier alpha value is -1.66. The van der Waals surface area contributed by atoms with Gasteiger partial charge in [0.2, 0.25) is 0 Å². The fourth-order valence-electron chi connectivity index (χ4n) is 1.36. The molecule has 2 N–H and O–H groups in total. The Labute approximate surface area is 85.0 Å². The molecule has 7 heteroatoms. The fraction of sp³-hybridized carbons (Fsp3) is 0.625. The maximum atomic E-state index is 13.0. The lowest BCUT2D eigenvalue weighted by molar-refractivity contribution is -0.153. The standard InChI is InChI=1S/C8H11FN2O4/c1-2-3-4-6(12)11(8(15)10-4)5(9)7(13)14/h4-5H,2-3H2,1H3,(H,10,15)(H,13,14). The van der Waals surface area contributed by atoms with E-state index in [1.165, 1.54) is 0 Å². The third-order valence-corrected chi connectivity index (χ3v) is 2.06. The summed E-state index contributed by atoms with van der Waals surface area (Å²) >= 11 is 0. The quantitative estimate of drug-likeness (QED) is 0.517. The second-order valence-corrected chi connectivity index (χ2v) is 3.17. The van der Waals surface area contributed by atoms with E-state index in [0.717, 1.165) is 0 Å². The van der Waals surface area contributed by atoms with Gasteiger partial charge in [0.1, 0.15) is 6.04 Å². The van der Waals surface area contributed by atoms with Gasteiger partial charge in [-0.15, -0.1) is 0 Å². The van der Waals surface area contributed by atoms with E-state index in [1.54, 1.807) is 6.92 Å². The normalized spacial score (nSPS) is 22.8. The first kappa shape index (κ1) is 11.4. The van der Waals surface area contributed by atoms with Crippen LogP contribution in [-0.2, 0) is 9.59 Å². The summed E-state index contributed by atoms with van der Waals surface area (Å²) in [5, 5.41) is 10.6. The molecule has 15 heavy (non-hydrogen) atoms. The lowest BCUT2D eigenvalue weighted by Gasteiger charge is -2.13. The van der Waals surface area contributed by atoms with Crippen LogP contribution in [0.15, 0.2) is 0 Å². The van der Waals surface area contributed by atoms with Crippen molar-refractivity contribution >= 4 is 17.9 Å². The van der Waals surface area contributed by atoms with E-state index in [-0.39, 0.29) is 4.90 Å². The van der Waals surface area contributed by atoms with Crippen molar-refractivity contribution in [3.63, 3.8) is 0 Å². The molecule has 1 fully saturated rings. The summed E-state index contributed by atoms with van der Waals surface area (Å²) in [7, 11) is 0. The molecule has 1 rings (SSSR count). The number of hydrogen-bond donors (Lipinski definition) is 2. The van der Waals surface area contributed by atoms with E-state index < -0.39 is 30.2 Å². The molecular weight excluding hydrogens is 207 g/mol. The number of hydrogen-bond acceptors (Lipinski definition) is 3. The number of rotatable bonds is 4. The van der Waals surface area contributed by atoms with Gasteiger partial charge in [-0.25, -0.2) is 18.9 Å². The van der Waals surface area contributed by atoms with Crippen LogP contribution in [0.3, 0.4) is 0 Å². The number of imide groups is 1. The SMILES string of the molecule is CCCC1NC(=O)N(C(F)C(=O)O)C1=O. The minimum absolute atomic E-state index is 0.0999. The number of nitrogens with one attached hydrogen (secondary N) is 1. The third-order valence-electron chi connectivity index (χ3n) is 2.06. The van der Waals surface area contributed by atoms with E-state index in [1.807, 2.05) is 0 Å². The molecule has 0 aromatic carbocycles. The highest BCUT2D eigenvalue weighted by Gasteiger charge is 2.44. The Morgan fingerprint density at radius 3 is 2.73 bits per heavy atom. The zero-order valence-corrected chi connectivity index (χ0v) is 8.07. The van der Waals surface area contributed by atoms with Crippen LogP contribution in [0.2, 0.25) is 0 Å². The Kier molecular flexibility index (Phi) is 3.23. The van der Waals surface area contributed by atoms with Crippen molar-refractivity contribution in [1.82, 2.24) is 10.2 Å². The average Bonchev–Trinajstić information content (AvgIpc) is 2.42. The Bertz CT molecular complexity index is 307. The molecule has 1 aliphatic rings. The predicted octanol–water partition coefficient (Wildman–Crippen LogP) is 0.0871. The molecule has 0 aromatic heterocycles. The minimum atomic E-state index is -2.61. The van der Waals surface area contributed by atoms with Gasteiger partial charge >= 0.3 is 12.0 Å². The van der Waals surface area contributed by atoms with Gasteiger partial charge in [0, 0.05) is 0 Å². The fourth-order valence-corrected chi connectivity index (χ4v) is 1.36. The molecule has 2 unspecified atom stereocenters.